The van der Waals surface area contributed by atoms with Crippen molar-refractivity contribution in [3.8, 4) is 0 Å². The highest BCUT2D eigenvalue weighted by atomic mass is 35.5. The third-order valence-electron chi connectivity index (χ3n) is 3.99. The molecule has 0 aromatic carbocycles. The van der Waals surface area contributed by atoms with Crippen molar-refractivity contribution >= 4 is 11.6 Å². The van der Waals surface area contributed by atoms with E-state index < -0.39 is 0 Å². The number of alkyl halides is 1. The van der Waals surface area contributed by atoms with Crippen LogP contribution in [0.5, 0.6) is 0 Å². The predicted molar refractivity (Wildman–Crippen MR) is 63.5 cm³/mol. The van der Waals surface area contributed by atoms with Crippen LogP contribution in [0.4, 0.5) is 0 Å². The number of methoxy groups -OCH3 is 1. The van der Waals surface area contributed by atoms with E-state index in [9.17, 15) is 0 Å². The minimum absolute atomic E-state index is 0.425. The quantitative estimate of drug-likeness (QED) is 0.693. The molecule has 3 heteroatoms. The lowest BCUT2D eigenvalue weighted by atomic mass is 9.78. The van der Waals surface area contributed by atoms with Crippen LogP contribution in [-0.4, -0.2) is 43.1 Å². The molecule has 88 valence electrons. The summed E-state index contributed by atoms with van der Waals surface area (Å²) in [7, 11) is 1.78. The first-order valence-corrected chi connectivity index (χ1v) is 6.63. The van der Waals surface area contributed by atoms with E-state index in [1.807, 2.05) is 0 Å². The summed E-state index contributed by atoms with van der Waals surface area (Å²) < 4.78 is 5.18. The van der Waals surface area contributed by atoms with Crippen molar-refractivity contribution < 1.29 is 4.74 Å². The lowest BCUT2D eigenvalue weighted by molar-refractivity contribution is 0.0416. The van der Waals surface area contributed by atoms with Gasteiger partial charge in [0.25, 0.3) is 0 Å². The molecule has 0 spiro atoms. The number of halogens is 1. The number of piperidine rings is 1. The number of rotatable bonds is 3. The molecule has 0 aromatic heterocycles. The third kappa shape index (κ3) is 2.66. The fourth-order valence-electron chi connectivity index (χ4n) is 3.17. The molecule has 1 aliphatic heterocycles. The van der Waals surface area contributed by atoms with E-state index in [0.717, 1.165) is 31.5 Å². The highest BCUT2D eigenvalue weighted by molar-refractivity contribution is 6.20. The van der Waals surface area contributed by atoms with Crippen molar-refractivity contribution in [2.45, 2.75) is 43.5 Å². The average molecular weight is 232 g/mol. The number of hydrogen-bond acceptors (Lipinski definition) is 2. The van der Waals surface area contributed by atoms with Gasteiger partial charge in [0.05, 0.1) is 6.61 Å². The summed E-state index contributed by atoms with van der Waals surface area (Å²) in [4.78, 5) is 2.60. The van der Waals surface area contributed by atoms with Crippen LogP contribution in [0.1, 0.15) is 32.1 Å². The monoisotopic (exact) mass is 231 g/mol. The molecule has 2 nitrogen and oxygen atoms in total. The van der Waals surface area contributed by atoms with E-state index in [-0.39, 0.29) is 0 Å². The summed E-state index contributed by atoms with van der Waals surface area (Å²) in [5, 5.41) is 0.425. The zero-order chi connectivity index (χ0) is 10.7. The number of fused-ring (bicyclic) bond motifs is 1. The molecule has 2 fully saturated rings. The number of nitrogens with zero attached hydrogens (tertiary/aromatic N) is 1. The summed E-state index contributed by atoms with van der Waals surface area (Å²) in [5.41, 5.74) is 0. The lowest BCUT2D eigenvalue weighted by Gasteiger charge is -2.46. The topological polar surface area (TPSA) is 12.5 Å². The third-order valence-corrected chi connectivity index (χ3v) is 4.53. The van der Waals surface area contributed by atoms with Gasteiger partial charge in [0.1, 0.15) is 0 Å². The van der Waals surface area contributed by atoms with Gasteiger partial charge < -0.3 is 4.74 Å². The van der Waals surface area contributed by atoms with E-state index >= 15 is 0 Å². The molecule has 2 aliphatic rings. The standard InChI is InChI=1S/C12H22ClNO/c1-15-9-8-14-7-6-11(13)10-4-2-3-5-12(10)14/h10-12H,2-9H2,1H3/t10-,11-,12-/m0/s1. The molecule has 15 heavy (non-hydrogen) atoms. The molecule has 0 bridgehead atoms. The van der Waals surface area contributed by atoms with E-state index in [1.54, 1.807) is 7.11 Å². The van der Waals surface area contributed by atoms with Crippen molar-refractivity contribution in [2.75, 3.05) is 26.8 Å². The smallest absolute Gasteiger partial charge is 0.0589 e. The molecule has 0 unspecified atom stereocenters. The van der Waals surface area contributed by atoms with E-state index in [0.29, 0.717) is 5.38 Å². The van der Waals surface area contributed by atoms with Crippen LogP contribution < -0.4 is 0 Å². The Labute approximate surface area is 97.9 Å². The van der Waals surface area contributed by atoms with Crippen LogP contribution in [0.25, 0.3) is 0 Å². The van der Waals surface area contributed by atoms with Gasteiger partial charge in [-0.15, -0.1) is 11.6 Å². The van der Waals surface area contributed by atoms with Gasteiger partial charge in [0.15, 0.2) is 0 Å². The van der Waals surface area contributed by atoms with Crippen molar-refractivity contribution in [3.63, 3.8) is 0 Å². The summed E-state index contributed by atoms with van der Waals surface area (Å²) >= 11 is 6.43. The minimum Gasteiger partial charge on any atom is -0.383 e. The van der Waals surface area contributed by atoms with Crippen molar-refractivity contribution in [1.82, 2.24) is 4.90 Å². The molecular weight excluding hydrogens is 210 g/mol. The molecule has 1 heterocycles. The highest BCUT2D eigenvalue weighted by Gasteiger charge is 2.37. The van der Waals surface area contributed by atoms with Crippen LogP contribution in [0.3, 0.4) is 0 Å². The Bertz CT molecular complexity index is 198. The second-order valence-electron chi connectivity index (χ2n) is 4.85. The molecule has 2 rings (SSSR count). The second kappa shape index (κ2) is 5.51. The normalized spacial score (nSPS) is 37.6. The molecule has 1 saturated heterocycles. The molecule has 0 radical (unpaired) electrons. The Morgan fingerprint density at radius 3 is 2.87 bits per heavy atom. The molecular formula is C12H22ClNO. The SMILES string of the molecule is COCCN1CC[C@H](Cl)[C@@H]2CCCC[C@@H]21. The average Bonchev–Trinajstić information content (AvgIpc) is 2.29. The van der Waals surface area contributed by atoms with Gasteiger partial charge in [0.2, 0.25) is 0 Å². The van der Waals surface area contributed by atoms with Crippen LogP contribution in [0, 0.1) is 5.92 Å². The molecule has 0 N–H and O–H groups in total. The van der Waals surface area contributed by atoms with Gasteiger partial charge in [0, 0.05) is 25.1 Å². The maximum absolute atomic E-state index is 6.43. The van der Waals surface area contributed by atoms with Crippen LogP contribution in [0.2, 0.25) is 0 Å². The van der Waals surface area contributed by atoms with Gasteiger partial charge in [-0.1, -0.05) is 12.8 Å². The number of hydrogen-bond donors (Lipinski definition) is 0. The number of ether oxygens (including phenoxy) is 1. The van der Waals surface area contributed by atoms with Gasteiger partial charge >= 0.3 is 0 Å². The fraction of sp³-hybridized carbons (Fsp3) is 1.00. The summed E-state index contributed by atoms with van der Waals surface area (Å²) in [6, 6.07) is 0.741. The lowest BCUT2D eigenvalue weighted by Crippen LogP contribution is -2.51. The summed E-state index contributed by atoms with van der Waals surface area (Å²) in [6.45, 7) is 3.11. The van der Waals surface area contributed by atoms with Gasteiger partial charge in [-0.05, 0) is 31.7 Å². The molecule has 1 saturated carbocycles. The Morgan fingerprint density at radius 1 is 1.27 bits per heavy atom. The first-order valence-electron chi connectivity index (χ1n) is 6.20. The Morgan fingerprint density at radius 2 is 2.07 bits per heavy atom. The summed E-state index contributed by atoms with van der Waals surface area (Å²) in [5.74, 6) is 0.742. The maximum Gasteiger partial charge on any atom is 0.0589 e. The Balaban J connectivity index is 1.94. The highest BCUT2D eigenvalue weighted by Crippen LogP contribution is 2.37. The van der Waals surface area contributed by atoms with E-state index in [4.69, 9.17) is 16.3 Å². The van der Waals surface area contributed by atoms with Crippen molar-refractivity contribution in [3.05, 3.63) is 0 Å². The van der Waals surface area contributed by atoms with Crippen molar-refractivity contribution in [2.24, 2.45) is 5.92 Å². The zero-order valence-electron chi connectivity index (χ0n) is 9.62. The van der Waals surface area contributed by atoms with Gasteiger partial charge in [-0.2, -0.15) is 0 Å². The molecule has 1 aliphatic carbocycles. The molecule has 3 atom stereocenters. The first-order chi connectivity index (χ1) is 7.33. The van der Waals surface area contributed by atoms with Gasteiger partial charge in [-0.25, -0.2) is 0 Å². The first kappa shape index (κ1) is 11.7. The van der Waals surface area contributed by atoms with Crippen LogP contribution >= 0.6 is 11.6 Å². The molecule has 0 amide bonds. The van der Waals surface area contributed by atoms with Crippen LogP contribution in [0.15, 0.2) is 0 Å². The Hall–Kier alpha value is 0.210. The predicted octanol–water partition coefficient (Wildman–Crippen LogP) is 2.50. The zero-order valence-corrected chi connectivity index (χ0v) is 10.4. The van der Waals surface area contributed by atoms with E-state index in [2.05, 4.69) is 4.90 Å². The largest absolute Gasteiger partial charge is 0.383 e. The van der Waals surface area contributed by atoms with Crippen molar-refractivity contribution in [1.29, 1.82) is 0 Å². The fourth-order valence-corrected chi connectivity index (χ4v) is 3.56. The number of likely N-dealkylation sites (tertiary alicyclic amines) is 1. The maximum atomic E-state index is 6.43. The Kier molecular flexibility index (Phi) is 4.30. The molecule has 0 aromatic rings. The van der Waals surface area contributed by atoms with Crippen LogP contribution in [-0.2, 0) is 4.74 Å². The summed E-state index contributed by atoms with van der Waals surface area (Å²) in [6.07, 6.45) is 6.60. The minimum atomic E-state index is 0.425. The van der Waals surface area contributed by atoms with Gasteiger partial charge in [-0.3, -0.25) is 4.90 Å². The second-order valence-corrected chi connectivity index (χ2v) is 5.41. The van der Waals surface area contributed by atoms with E-state index in [1.165, 1.54) is 32.2 Å².